The van der Waals surface area contributed by atoms with Crippen LogP contribution < -0.4 is 0 Å². The van der Waals surface area contributed by atoms with Crippen LogP contribution in [0, 0.1) is 28.6 Å². The van der Waals surface area contributed by atoms with Gasteiger partial charge in [0.1, 0.15) is 0 Å². The highest BCUT2D eigenvalue weighted by Gasteiger charge is 2.68. The molecule has 4 nitrogen and oxygen atoms in total. The number of rotatable bonds is 2. The minimum Gasteiger partial charge on any atom is -0.451 e. The van der Waals surface area contributed by atoms with Crippen LogP contribution in [0.5, 0.6) is 0 Å². The van der Waals surface area contributed by atoms with Crippen molar-refractivity contribution in [2.45, 2.75) is 78.2 Å². The minimum atomic E-state index is -0.991. The Morgan fingerprint density at radius 1 is 1.11 bits per heavy atom. The number of carbonyl (C=O) groups excluding carboxylic acids is 3. The monoisotopic (exact) mass is 384 g/mol. The topological polar surface area (TPSA) is 60.4 Å². The molecule has 0 aromatic heterocycles. The Hall–Kier alpha value is -1.71. The van der Waals surface area contributed by atoms with Gasteiger partial charge in [0, 0.05) is 18.8 Å². The van der Waals surface area contributed by atoms with Gasteiger partial charge in [-0.15, -0.1) is 0 Å². The Morgan fingerprint density at radius 3 is 2.43 bits per heavy atom. The van der Waals surface area contributed by atoms with Gasteiger partial charge < -0.3 is 4.74 Å². The van der Waals surface area contributed by atoms with E-state index >= 15 is 0 Å². The van der Waals surface area contributed by atoms with Gasteiger partial charge in [-0.1, -0.05) is 26.0 Å². The fourth-order valence-electron chi connectivity index (χ4n) is 7.63. The van der Waals surface area contributed by atoms with Gasteiger partial charge in [0.15, 0.2) is 17.2 Å². The molecule has 0 aliphatic heterocycles. The van der Waals surface area contributed by atoms with E-state index in [2.05, 4.69) is 20.4 Å². The lowest BCUT2D eigenvalue weighted by molar-refractivity contribution is -0.186. The van der Waals surface area contributed by atoms with Gasteiger partial charge in [0.25, 0.3) is 0 Å². The molecular weight excluding hydrogens is 352 g/mol. The fraction of sp³-hybridized carbons (Fsp3) is 0.708. The predicted octanol–water partition coefficient (Wildman–Crippen LogP) is 4.58. The molecule has 152 valence electrons. The van der Waals surface area contributed by atoms with Crippen LogP contribution in [0.3, 0.4) is 0 Å². The largest absolute Gasteiger partial charge is 0.451 e. The summed E-state index contributed by atoms with van der Waals surface area (Å²) < 4.78 is 5.82. The summed E-state index contributed by atoms with van der Waals surface area (Å²) >= 11 is 0. The first-order valence-corrected chi connectivity index (χ1v) is 10.7. The number of ether oxygens (including phenoxy) is 1. The number of hydrogen-bond donors (Lipinski definition) is 0. The van der Waals surface area contributed by atoms with Crippen LogP contribution in [0.25, 0.3) is 0 Å². The molecule has 0 bridgehead atoms. The van der Waals surface area contributed by atoms with Crippen LogP contribution >= 0.6 is 0 Å². The number of allylic oxidation sites excluding steroid dienone is 2. The molecule has 28 heavy (non-hydrogen) atoms. The number of hydrogen-bond acceptors (Lipinski definition) is 4. The van der Waals surface area contributed by atoms with Crippen molar-refractivity contribution < 1.29 is 19.1 Å². The normalized spacial score (nSPS) is 44.9. The van der Waals surface area contributed by atoms with E-state index in [0.29, 0.717) is 30.6 Å². The number of ketones is 2. The van der Waals surface area contributed by atoms with Gasteiger partial charge in [-0.3, -0.25) is 14.4 Å². The Labute approximate surface area is 167 Å². The highest BCUT2D eigenvalue weighted by molar-refractivity contribution is 5.92. The van der Waals surface area contributed by atoms with Gasteiger partial charge in [0.2, 0.25) is 0 Å². The first kappa shape index (κ1) is 19.6. The molecule has 0 aromatic carbocycles. The summed E-state index contributed by atoms with van der Waals surface area (Å²) in [7, 11) is 0. The van der Waals surface area contributed by atoms with E-state index in [1.54, 1.807) is 6.92 Å². The van der Waals surface area contributed by atoms with Gasteiger partial charge in [-0.05, 0) is 80.3 Å². The molecule has 4 aliphatic rings. The molecule has 0 heterocycles. The van der Waals surface area contributed by atoms with E-state index in [0.717, 1.165) is 37.7 Å². The molecule has 0 aromatic rings. The highest BCUT2D eigenvalue weighted by atomic mass is 16.6. The molecule has 0 unspecified atom stereocenters. The molecule has 3 fully saturated rings. The lowest BCUT2D eigenvalue weighted by Crippen LogP contribution is -2.58. The Kier molecular flexibility index (Phi) is 4.30. The highest BCUT2D eigenvalue weighted by Crippen LogP contribution is 2.68. The lowest BCUT2D eigenvalue weighted by Gasteiger charge is -2.59. The summed E-state index contributed by atoms with van der Waals surface area (Å²) in [5.41, 5.74) is 0.944. The van der Waals surface area contributed by atoms with Crippen LogP contribution in [0.4, 0.5) is 0 Å². The fourth-order valence-corrected chi connectivity index (χ4v) is 7.63. The predicted molar refractivity (Wildman–Crippen MR) is 106 cm³/mol. The smallest absolute Gasteiger partial charge is 0.303 e. The molecule has 4 aliphatic carbocycles. The molecule has 0 N–H and O–H groups in total. The zero-order valence-corrected chi connectivity index (χ0v) is 17.6. The summed E-state index contributed by atoms with van der Waals surface area (Å²) in [6.45, 7) is 11.8. The summed E-state index contributed by atoms with van der Waals surface area (Å²) in [4.78, 5) is 36.7. The molecular formula is C24H32O4. The summed E-state index contributed by atoms with van der Waals surface area (Å²) in [6, 6.07) is 0. The average molecular weight is 385 g/mol. The maximum absolute atomic E-state index is 12.8. The third kappa shape index (κ3) is 2.39. The van der Waals surface area contributed by atoms with Crippen LogP contribution in [-0.2, 0) is 19.1 Å². The molecule has 6 atom stereocenters. The summed E-state index contributed by atoms with van der Waals surface area (Å²) in [6.07, 6.45) is 7.66. The van der Waals surface area contributed by atoms with E-state index in [1.165, 1.54) is 12.5 Å². The minimum absolute atomic E-state index is 0.00184. The van der Waals surface area contributed by atoms with Gasteiger partial charge in [-0.2, -0.15) is 0 Å². The third-order valence-electron chi connectivity index (χ3n) is 8.94. The lowest BCUT2D eigenvalue weighted by atomic mass is 9.45. The van der Waals surface area contributed by atoms with Crippen molar-refractivity contribution in [3.8, 4) is 0 Å². The zero-order valence-electron chi connectivity index (χ0n) is 17.6. The van der Waals surface area contributed by atoms with Crippen molar-refractivity contribution in [2.75, 3.05) is 0 Å². The van der Waals surface area contributed by atoms with Gasteiger partial charge in [-0.25, -0.2) is 0 Å². The van der Waals surface area contributed by atoms with E-state index in [-0.39, 0.29) is 28.4 Å². The average Bonchev–Trinajstić information content (AvgIpc) is 2.90. The van der Waals surface area contributed by atoms with Crippen molar-refractivity contribution in [2.24, 2.45) is 28.6 Å². The standard InChI is InChI=1S/C24H32O4/c1-14-12-18-19(22(4)9-6-17(27)13-21(14)22)7-10-23(5)20(18)8-11-24(23,15(2)25)28-16(3)26/h13,18-20H,1,6-12H2,2-5H3/t18-,19-,20-,22-,23+,24-/m1/s1. The maximum Gasteiger partial charge on any atom is 0.303 e. The summed E-state index contributed by atoms with van der Waals surface area (Å²) in [5, 5.41) is 0. The van der Waals surface area contributed by atoms with E-state index in [4.69, 9.17) is 4.74 Å². The van der Waals surface area contributed by atoms with E-state index in [1.807, 2.05) is 6.08 Å². The van der Waals surface area contributed by atoms with Crippen LogP contribution in [0.15, 0.2) is 23.8 Å². The van der Waals surface area contributed by atoms with E-state index in [9.17, 15) is 14.4 Å². The van der Waals surface area contributed by atoms with E-state index < -0.39 is 5.60 Å². The van der Waals surface area contributed by atoms with Crippen molar-refractivity contribution in [1.29, 1.82) is 0 Å². The SMILES string of the molecule is C=C1C[C@@H]2[C@@H](CC[C@@]3(C)[C@@H]2CC[C@@]3(OC(C)=O)C(C)=O)[C@@]2(C)CCC(=O)C=C12. The first-order valence-electron chi connectivity index (χ1n) is 10.7. The molecule has 3 saturated carbocycles. The number of carbonyl (C=O) groups is 3. The molecule has 0 saturated heterocycles. The van der Waals surface area contributed by atoms with Crippen LogP contribution in [0.2, 0.25) is 0 Å². The Bertz CT molecular complexity index is 807. The maximum atomic E-state index is 12.8. The molecule has 0 amide bonds. The molecule has 4 rings (SSSR count). The number of esters is 1. The zero-order chi connectivity index (χ0) is 20.5. The summed E-state index contributed by atoms with van der Waals surface area (Å²) in [5.74, 6) is 1.10. The van der Waals surface area contributed by atoms with Gasteiger partial charge >= 0.3 is 5.97 Å². The first-order chi connectivity index (χ1) is 13.0. The van der Waals surface area contributed by atoms with Crippen LogP contribution in [0.1, 0.15) is 72.6 Å². The number of fused-ring (bicyclic) bond motifs is 5. The Morgan fingerprint density at radius 2 is 1.79 bits per heavy atom. The van der Waals surface area contributed by atoms with Crippen molar-refractivity contribution in [1.82, 2.24) is 0 Å². The molecule has 0 spiro atoms. The van der Waals surface area contributed by atoms with Crippen molar-refractivity contribution >= 4 is 17.5 Å². The second-order valence-electron chi connectivity index (χ2n) is 10.1. The third-order valence-corrected chi connectivity index (χ3v) is 8.94. The van der Waals surface area contributed by atoms with Gasteiger partial charge in [0.05, 0.1) is 0 Å². The molecule has 0 radical (unpaired) electrons. The molecule has 4 heteroatoms. The van der Waals surface area contributed by atoms with Crippen molar-refractivity contribution in [3.05, 3.63) is 23.8 Å². The second-order valence-corrected chi connectivity index (χ2v) is 10.1. The Balaban J connectivity index is 1.75. The number of Topliss-reactive ketones (excluding diaryl/α,β-unsaturated/α-hetero) is 1. The second kappa shape index (κ2) is 6.14. The quantitative estimate of drug-likeness (QED) is 0.654. The van der Waals surface area contributed by atoms with Crippen molar-refractivity contribution in [3.63, 3.8) is 0 Å². The van der Waals surface area contributed by atoms with Crippen LogP contribution in [-0.4, -0.2) is 23.1 Å².